The van der Waals surface area contributed by atoms with Crippen molar-refractivity contribution < 1.29 is 34.9 Å². The minimum absolute atomic E-state index is 0.180. The number of benzene rings is 1. The normalized spacial score (nSPS) is 16.0. The quantitative estimate of drug-likeness (QED) is 0.252. The van der Waals surface area contributed by atoms with Crippen molar-refractivity contribution in [2.24, 2.45) is 0 Å². The molecule has 1 aliphatic heterocycles. The Bertz CT molecular complexity index is 597. The van der Waals surface area contributed by atoms with E-state index in [2.05, 4.69) is 0 Å². The Morgan fingerprint density at radius 1 is 1.43 bits per heavy atom. The van der Waals surface area contributed by atoms with Crippen LogP contribution in [0.2, 0.25) is 0 Å². The topological polar surface area (TPSA) is 98.8 Å². The third kappa shape index (κ3) is 3.98. The number of hydrogen-bond donors (Lipinski definition) is 3. The number of quaternary nitrogens is 1. The number of amides is 1. The van der Waals surface area contributed by atoms with Gasteiger partial charge in [-0.15, -0.1) is 0 Å². The zero-order valence-electron chi connectivity index (χ0n) is 13.4. The third-order valence-corrected chi connectivity index (χ3v) is 3.72. The van der Waals surface area contributed by atoms with Crippen LogP contribution in [-0.4, -0.2) is 58.2 Å². The summed E-state index contributed by atoms with van der Waals surface area (Å²) in [4.78, 5) is 13.8. The van der Waals surface area contributed by atoms with Gasteiger partial charge in [0.25, 0.3) is 0 Å². The van der Waals surface area contributed by atoms with Crippen LogP contribution in [-0.2, 0) is 4.74 Å². The van der Waals surface area contributed by atoms with Crippen molar-refractivity contribution in [3.8, 4) is 5.75 Å². The second-order valence-corrected chi connectivity index (χ2v) is 5.19. The second-order valence-electron chi connectivity index (χ2n) is 5.19. The van der Waals surface area contributed by atoms with Crippen molar-refractivity contribution >= 4 is 23.2 Å². The van der Waals surface area contributed by atoms with Crippen molar-refractivity contribution in [2.75, 3.05) is 26.3 Å². The van der Waals surface area contributed by atoms with Gasteiger partial charge < -0.3 is 14.4 Å². The molecule has 0 spiro atoms. The predicted octanol–water partition coefficient (Wildman–Crippen LogP) is 1.01. The Morgan fingerprint density at radius 2 is 2.13 bits per heavy atom. The van der Waals surface area contributed by atoms with E-state index in [1.807, 2.05) is 6.92 Å². The number of hydrogen-bond acceptors (Lipinski definition) is 5. The monoisotopic (exact) mass is 325 g/mol. The van der Waals surface area contributed by atoms with E-state index in [0.29, 0.717) is 44.1 Å². The Morgan fingerprint density at radius 3 is 2.74 bits per heavy atom. The number of ether oxygens (including phenoxy) is 2. The van der Waals surface area contributed by atoms with Gasteiger partial charge in [0.05, 0.1) is 13.2 Å². The minimum Gasteiger partial charge on any atom is -0.403 e. The molecule has 0 bridgehead atoms. The van der Waals surface area contributed by atoms with Crippen LogP contribution < -0.4 is 10.2 Å². The molecule has 126 valence electrons. The van der Waals surface area contributed by atoms with Gasteiger partial charge in [0, 0.05) is 37.2 Å². The molecule has 8 heteroatoms. The van der Waals surface area contributed by atoms with E-state index in [9.17, 15) is 15.2 Å². The smallest absolute Gasteiger partial charge is 0.403 e. The van der Waals surface area contributed by atoms with Crippen LogP contribution >= 0.6 is 0 Å². The van der Waals surface area contributed by atoms with Crippen molar-refractivity contribution in [2.45, 2.75) is 20.3 Å². The van der Waals surface area contributed by atoms with Crippen LogP contribution in [0.4, 0.5) is 16.2 Å². The number of carbonyl (C=O) groups excluding carboxylic acids is 1. The fourth-order valence-corrected chi connectivity index (χ4v) is 2.20. The van der Waals surface area contributed by atoms with Gasteiger partial charge in [-0.3, -0.25) is 5.21 Å². The molecule has 2 rings (SSSR count). The summed E-state index contributed by atoms with van der Waals surface area (Å²) in [7, 11) is 0. The molecule has 1 saturated heterocycles. The summed E-state index contributed by atoms with van der Waals surface area (Å²) in [5.41, 5.74) is 2.11. The predicted molar refractivity (Wildman–Crippen MR) is 80.9 cm³/mol. The molecular weight excluding hydrogens is 302 g/mol. The number of morpholine rings is 1. The lowest BCUT2D eigenvalue weighted by Crippen LogP contribution is -2.74. The fourth-order valence-electron chi connectivity index (χ4n) is 2.20. The molecule has 8 nitrogen and oxygen atoms in total. The first kappa shape index (κ1) is 17.2. The maximum Gasteiger partial charge on any atom is 0.415 e. The molecule has 0 atom stereocenters. The number of carbonyl (C=O) groups is 1. The van der Waals surface area contributed by atoms with Crippen LogP contribution in [0.3, 0.4) is 0 Å². The van der Waals surface area contributed by atoms with E-state index in [-0.39, 0.29) is 11.4 Å². The van der Waals surface area contributed by atoms with E-state index in [1.54, 1.807) is 30.0 Å². The molecule has 1 fully saturated rings. The molecule has 0 saturated carbocycles. The SMILES string of the molecule is CC/C(C)=[N+](/O)c1c([NH2+]O)cccc1OC(=O)N1CCOCC1. The second kappa shape index (κ2) is 7.91. The van der Waals surface area contributed by atoms with Crippen LogP contribution in [0.15, 0.2) is 18.2 Å². The van der Waals surface area contributed by atoms with Gasteiger partial charge in [0.2, 0.25) is 17.1 Å². The number of nitrogens with zero attached hydrogens (tertiary/aromatic N) is 2. The van der Waals surface area contributed by atoms with Gasteiger partial charge in [-0.1, -0.05) is 13.0 Å². The average Bonchev–Trinajstić information content (AvgIpc) is 2.60. The lowest BCUT2D eigenvalue weighted by Gasteiger charge is -2.25. The Hall–Kier alpha value is -2.16. The lowest BCUT2D eigenvalue weighted by molar-refractivity contribution is -0.830. The molecule has 0 aliphatic carbocycles. The van der Waals surface area contributed by atoms with E-state index in [1.165, 1.54) is 0 Å². The molecule has 1 amide bonds. The van der Waals surface area contributed by atoms with Gasteiger partial charge in [-0.2, -0.15) is 5.48 Å². The Labute approximate surface area is 134 Å². The zero-order chi connectivity index (χ0) is 16.8. The van der Waals surface area contributed by atoms with E-state index in [0.717, 1.165) is 10.2 Å². The highest BCUT2D eigenvalue weighted by Crippen LogP contribution is 2.32. The number of rotatable bonds is 4. The number of para-hydroxylation sites is 1. The maximum absolute atomic E-state index is 12.2. The molecule has 4 N–H and O–H groups in total. The summed E-state index contributed by atoms with van der Waals surface area (Å²) in [6, 6.07) is 4.84. The van der Waals surface area contributed by atoms with Gasteiger partial charge in [-0.05, 0) is 6.07 Å². The largest absolute Gasteiger partial charge is 0.415 e. The van der Waals surface area contributed by atoms with Crippen molar-refractivity contribution in [1.82, 2.24) is 4.90 Å². The third-order valence-electron chi connectivity index (χ3n) is 3.72. The zero-order valence-corrected chi connectivity index (χ0v) is 13.4. The first-order chi connectivity index (χ1) is 11.1. The van der Waals surface area contributed by atoms with Gasteiger partial charge in [0.15, 0.2) is 0 Å². The van der Waals surface area contributed by atoms with Gasteiger partial charge >= 0.3 is 11.8 Å². The minimum atomic E-state index is -0.507. The van der Waals surface area contributed by atoms with Crippen molar-refractivity contribution in [1.29, 1.82) is 0 Å². The first-order valence-electron chi connectivity index (χ1n) is 7.54. The molecule has 0 unspecified atom stereocenters. The first-order valence-corrected chi connectivity index (χ1v) is 7.54. The van der Waals surface area contributed by atoms with E-state index < -0.39 is 6.09 Å². The summed E-state index contributed by atoms with van der Waals surface area (Å²) < 4.78 is 11.6. The molecule has 1 aromatic rings. The fraction of sp³-hybridized carbons (Fsp3) is 0.467. The van der Waals surface area contributed by atoms with Crippen molar-refractivity contribution in [3.63, 3.8) is 0 Å². The van der Waals surface area contributed by atoms with Crippen LogP contribution in [0, 0.1) is 0 Å². The molecule has 0 radical (unpaired) electrons. The summed E-state index contributed by atoms with van der Waals surface area (Å²) in [5.74, 6) is 0.180. The van der Waals surface area contributed by atoms with Crippen LogP contribution in [0.5, 0.6) is 5.75 Å². The molecule has 1 aromatic carbocycles. The van der Waals surface area contributed by atoms with Crippen molar-refractivity contribution in [3.05, 3.63) is 18.2 Å². The van der Waals surface area contributed by atoms with Crippen LogP contribution in [0.25, 0.3) is 0 Å². The Balaban J connectivity index is 2.32. The lowest BCUT2D eigenvalue weighted by atomic mass is 10.2. The van der Waals surface area contributed by atoms with E-state index >= 15 is 0 Å². The highest BCUT2D eigenvalue weighted by molar-refractivity contribution is 5.80. The summed E-state index contributed by atoms with van der Waals surface area (Å²) >= 11 is 0. The summed E-state index contributed by atoms with van der Waals surface area (Å²) in [6.07, 6.45) is 0.0970. The summed E-state index contributed by atoms with van der Waals surface area (Å²) in [6.45, 7) is 5.51. The molecule has 1 aliphatic rings. The van der Waals surface area contributed by atoms with Crippen LogP contribution in [0.1, 0.15) is 20.3 Å². The standard InChI is InChI=1S/C15H22N3O5/c1-3-11(2)18(21)14-12(16-20)5-4-6-13(14)23-15(19)17-7-9-22-10-8-17/h4-6,16,20-21H,3,7-10H2,1-2H3/q+1/p+1/b18-11+. The Kier molecular flexibility index (Phi) is 5.91. The maximum atomic E-state index is 12.2. The van der Waals surface area contributed by atoms with Gasteiger partial charge in [0.1, 0.15) is 0 Å². The number of nitrogens with two attached hydrogens (primary N) is 1. The average molecular weight is 325 g/mol. The molecular formula is C15H23N3O5+2. The summed E-state index contributed by atoms with van der Waals surface area (Å²) in [5, 5.41) is 19.7. The molecule has 1 heterocycles. The molecule has 0 aromatic heterocycles. The molecule has 23 heavy (non-hydrogen) atoms. The van der Waals surface area contributed by atoms with Gasteiger partial charge in [-0.25, -0.2) is 10.0 Å². The highest BCUT2D eigenvalue weighted by Gasteiger charge is 2.30. The van der Waals surface area contributed by atoms with E-state index in [4.69, 9.17) is 9.47 Å². The highest BCUT2D eigenvalue weighted by atomic mass is 16.6.